The molecule has 2 heterocycles. The van der Waals surface area contributed by atoms with Gasteiger partial charge in [0.2, 0.25) is 0 Å². The lowest BCUT2D eigenvalue weighted by molar-refractivity contribution is 1.18. The molecule has 0 radical (unpaired) electrons. The minimum absolute atomic E-state index is 1.11. The molecule has 0 unspecified atom stereocenters. The summed E-state index contributed by atoms with van der Waals surface area (Å²) in [6.07, 6.45) is 0. The van der Waals surface area contributed by atoms with Crippen molar-refractivity contribution in [1.82, 2.24) is 4.57 Å². The van der Waals surface area contributed by atoms with Gasteiger partial charge >= 0.3 is 0 Å². The van der Waals surface area contributed by atoms with Gasteiger partial charge in [-0.25, -0.2) is 0 Å². The summed E-state index contributed by atoms with van der Waals surface area (Å²) in [5.74, 6) is 0. The molecule has 0 saturated heterocycles. The third-order valence-corrected chi connectivity index (χ3v) is 11.1. The first-order valence-electron chi connectivity index (χ1n) is 17.4. The van der Waals surface area contributed by atoms with Gasteiger partial charge in [0.1, 0.15) is 0 Å². The van der Waals surface area contributed by atoms with Crippen molar-refractivity contribution in [2.24, 2.45) is 0 Å². The molecule has 0 fully saturated rings. The Morgan fingerprint density at radius 2 is 1.04 bits per heavy atom. The lowest BCUT2D eigenvalue weighted by Gasteiger charge is -2.27. The van der Waals surface area contributed by atoms with Crippen LogP contribution in [0.25, 0.3) is 69.9 Å². The fourth-order valence-electron chi connectivity index (χ4n) is 7.79. The molecule has 0 spiro atoms. The van der Waals surface area contributed by atoms with Gasteiger partial charge in [-0.2, -0.15) is 0 Å². The van der Waals surface area contributed by atoms with E-state index in [0.717, 1.165) is 22.7 Å². The Kier molecular flexibility index (Phi) is 7.04. The molecule has 10 rings (SSSR count). The lowest BCUT2D eigenvalue weighted by Crippen LogP contribution is -2.10. The van der Waals surface area contributed by atoms with Crippen molar-refractivity contribution < 1.29 is 0 Å². The van der Waals surface area contributed by atoms with E-state index in [1.54, 1.807) is 0 Å². The molecule has 0 aliphatic rings. The number of hydrogen-bond donors (Lipinski definition) is 0. The van der Waals surface area contributed by atoms with E-state index in [1.807, 2.05) is 11.3 Å². The predicted octanol–water partition coefficient (Wildman–Crippen LogP) is 14.0. The minimum Gasteiger partial charge on any atom is -0.310 e. The van der Waals surface area contributed by atoms with Crippen LogP contribution in [-0.2, 0) is 0 Å². The smallest absolute Gasteiger partial charge is 0.0640 e. The second-order valence-corrected chi connectivity index (χ2v) is 14.0. The number of benzene rings is 8. The van der Waals surface area contributed by atoms with E-state index in [9.17, 15) is 0 Å². The third kappa shape index (κ3) is 4.85. The molecular weight excluding hydrogens is 637 g/mol. The molecular formula is C48H32N2S. The number of fused-ring (bicyclic) bond motifs is 6. The van der Waals surface area contributed by atoms with Gasteiger partial charge in [-0.3, -0.25) is 0 Å². The Bertz CT molecular complexity index is 2850. The average molecular weight is 669 g/mol. The summed E-state index contributed by atoms with van der Waals surface area (Å²) in [6, 6.07) is 70.3. The molecule has 10 aromatic rings. The van der Waals surface area contributed by atoms with E-state index < -0.39 is 0 Å². The Balaban J connectivity index is 1.34. The molecule has 2 nitrogen and oxygen atoms in total. The molecule has 2 aromatic heterocycles. The highest BCUT2D eigenvalue weighted by molar-refractivity contribution is 7.25. The number of aromatic nitrogens is 1. The summed E-state index contributed by atoms with van der Waals surface area (Å²) in [7, 11) is 0. The highest BCUT2D eigenvalue weighted by Gasteiger charge is 2.25. The van der Waals surface area contributed by atoms with Gasteiger partial charge < -0.3 is 9.47 Å². The zero-order valence-electron chi connectivity index (χ0n) is 27.8. The van der Waals surface area contributed by atoms with Crippen molar-refractivity contribution in [3.8, 4) is 27.9 Å². The summed E-state index contributed by atoms with van der Waals surface area (Å²) < 4.78 is 5.09. The largest absolute Gasteiger partial charge is 0.310 e. The van der Waals surface area contributed by atoms with Crippen LogP contribution in [0.2, 0.25) is 0 Å². The van der Waals surface area contributed by atoms with Crippen molar-refractivity contribution in [1.29, 1.82) is 0 Å². The Hall–Kier alpha value is -6.42. The van der Waals surface area contributed by atoms with E-state index in [0.29, 0.717) is 0 Å². The van der Waals surface area contributed by atoms with Gasteiger partial charge in [0, 0.05) is 53.6 Å². The maximum Gasteiger partial charge on any atom is 0.0640 e. The maximum atomic E-state index is 2.47. The van der Waals surface area contributed by atoms with Crippen LogP contribution in [0.3, 0.4) is 0 Å². The van der Waals surface area contributed by atoms with Gasteiger partial charge in [0.05, 0.1) is 16.7 Å². The number of nitrogens with zero attached hydrogens (tertiary/aromatic N) is 2. The van der Waals surface area contributed by atoms with E-state index in [-0.39, 0.29) is 0 Å². The second kappa shape index (κ2) is 12.2. The number of thiophene rings is 1. The van der Waals surface area contributed by atoms with Crippen molar-refractivity contribution in [3.05, 3.63) is 194 Å². The molecule has 0 bridgehead atoms. The molecule has 240 valence electrons. The summed E-state index contributed by atoms with van der Waals surface area (Å²) in [4.78, 5) is 2.43. The molecule has 0 aliphatic carbocycles. The SMILES string of the molecule is c1ccc(-c2cccc(N(c3ccccc3)c3ccc(-c4cccc5sc6ccccc6c45)c4c3c3ccccc3n4-c3ccccc3)c2)cc1. The first-order chi connectivity index (χ1) is 25.3. The van der Waals surface area contributed by atoms with Crippen LogP contribution in [0.5, 0.6) is 0 Å². The fraction of sp³-hybridized carbons (Fsp3) is 0. The lowest BCUT2D eigenvalue weighted by atomic mass is 9.95. The molecule has 0 amide bonds. The topological polar surface area (TPSA) is 8.17 Å². The molecule has 0 aliphatic heterocycles. The van der Waals surface area contributed by atoms with Gasteiger partial charge in [0.25, 0.3) is 0 Å². The van der Waals surface area contributed by atoms with Gasteiger partial charge in [-0.1, -0.05) is 133 Å². The minimum atomic E-state index is 1.11. The van der Waals surface area contributed by atoms with E-state index in [2.05, 4.69) is 204 Å². The van der Waals surface area contributed by atoms with Crippen molar-refractivity contribution in [2.45, 2.75) is 0 Å². The van der Waals surface area contributed by atoms with Crippen LogP contribution >= 0.6 is 11.3 Å². The van der Waals surface area contributed by atoms with Crippen LogP contribution in [0.4, 0.5) is 17.1 Å². The van der Waals surface area contributed by atoms with Crippen molar-refractivity contribution in [2.75, 3.05) is 4.90 Å². The molecule has 8 aromatic carbocycles. The van der Waals surface area contributed by atoms with Gasteiger partial charge in [-0.05, 0) is 77.4 Å². The number of para-hydroxylation sites is 3. The monoisotopic (exact) mass is 668 g/mol. The molecule has 51 heavy (non-hydrogen) atoms. The summed E-state index contributed by atoms with van der Waals surface area (Å²) in [5.41, 5.74) is 11.7. The summed E-state index contributed by atoms with van der Waals surface area (Å²) in [6.45, 7) is 0. The van der Waals surface area contributed by atoms with Crippen LogP contribution < -0.4 is 4.90 Å². The first-order valence-corrected chi connectivity index (χ1v) is 18.2. The van der Waals surface area contributed by atoms with Crippen LogP contribution in [0.1, 0.15) is 0 Å². The average Bonchev–Trinajstić information content (AvgIpc) is 3.76. The summed E-state index contributed by atoms with van der Waals surface area (Å²) >= 11 is 1.87. The highest BCUT2D eigenvalue weighted by Crippen LogP contribution is 2.49. The first kappa shape index (κ1) is 29.5. The second-order valence-electron chi connectivity index (χ2n) is 12.9. The van der Waals surface area contributed by atoms with Crippen LogP contribution in [0, 0.1) is 0 Å². The van der Waals surface area contributed by atoms with Crippen LogP contribution in [-0.4, -0.2) is 4.57 Å². The van der Waals surface area contributed by atoms with E-state index in [1.165, 1.54) is 64.2 Å². The number of hydrogen-bond acceptors (Lipinski definition) is 2. The maximum absolute atomic E-state index is 2.47. The predicted molar refractivity (Wildman–Crippen MR) is 219 cm³/mol. The Labute approximate surface area is 300 Å². The van der Waals surface area contributed by atoms with E-state index >= 15 is 0 Å². The molecule has 0 atom stereocenters. The number of rotatable bonds is 6. The zero-order valence-corrected chi connectivity index (χ0v) is 28.6. The van der Waals surface area contributed by atoms with E-state index in [4.69, 9.17) is 0 Å². The van der Waals surface area contributed by atoms with Gasteiger partial charge in [-0.15, -0.1) is 11.3 Å². The van der Waals surface area contributed by atoms with Crippen molar-refractivity contribution in [3.63, 3.8) is 0 Å². The summed E-state index contributed by atoms with van der Waals surface area (Å²) in [5, 5.41) is 5.05. The number of anilines is 3. The van der Waals surface area contributed by atoms with Crippen molar-refractivity contribution >= 4 is 70.4 Å². The Morgan fingerprint density at radius 1 is 0.412 bits per heavy atom. The Morgan fingerprint density at radius 3 is 1.86 bits per heavy atom. The standard InChI is InChI=1S/C48H32N2S/c1-4-16-33(17-5-1)34-18-14-23-37(32-34)49(35-19-6-2-7-20-35)43-31-30-39(38-26-15-29-45-46(38)41-25-11-13-28-44(41)51-45)48-47(43)40-24-10-12-27-42(40)50(48)36-21-8-3-9-22-36/h1-32H. The molecule has 3 heteroatoms. The molecule has 0 N–H and O–H groups in total. The van der Waals surface area contributed by atoms with Gasteiger partial charge in [0.15, 0.2) is 0 Å². The van der Waals surface area contributed by atoms with Crippen LogP contribution in [0.15, 0.2) is 194 Å². The third-order valence-electron chi connectivity index (χ3n) is 9.97. The normalized spacial score (nSPS) is 11.5. The zero-order chi connectivity index (χ0) is 33.7. The molecule has 0 saturated carbocycles. The fourth-order valence-corrected chi connectivity index (χ4v) is 8.92. The quantitative estimate of drug-likeness (QED) is 0.171. The highest BCUT2D eigenvalue weighted by atomic mass is 32.1.